The zero-order valence-corrected chi connectivity index (χ0v) is 17.6. The highest BCUT2D eigenvalue weighted by Crippen LogP contribution is 2.26. The molecule has 5 rings (SSSR count). The van der Waals surface area contributed by atoms with Crippen molar-refractivity contribution in [2.24, 2.45) is 0 Å². The van der Waals surface area contributed by atoms with Crippen LogP contribution in [0.15, 0.2) is 28.8 Å². The summed E-state index contributed by atoms with van der Waals surface area (Å²) in [6.45, 7) is 7.85. The van der Waals surface area contributed by atoms with E-state index >= 15 is 0 Å². The summed E-state index contributed by atoms with van der Waals surface area (Å²) >= 11 is 0. The minimum absolute atomic E-state index is 0.318. The van der Waals surface area contributed by atoms with Gasteiger partial charge in [0, 0.05) is 73.9 Å². The van der Waals surface area contributed by atoms with E-state index in [1.807, 2.05) is 19.2 Å². The van der Waals surface area contributed by atoms with E-state index in [9.17, 15) is 4.21 Å². The summed E-state index contributed by atoms with van der Waals surface area (Å²) in [5.74, 6) is 2.82. The van der Waals surface area contributed by atoms with Crippen molar-refractivity contribution in [3.63, 3.8) is 0 Å². The van der Waals surface area contributed by atoms with Crippen molar-refractivity contribution in [3.8, 4) is 0 Å². The maximum absolute atomic E-state index is 11.7. The third kappa shape index (κ3) is 3.67. The lowest BCUT2D eigenvalue weighted by atomic mass is 10.1. The van der Waals surface area contributed by atoms with Crippen LogP contribution in [-0.4, -0.2) is 56.0 Å². The molecule has 1 saturated heterocycles. The summed E-state index contributed by atoms with van der Waals surface area (Å²) in [4.78, 5) is 18.6. The monoisotopic (exact) mass is 411 g/mol. The Morgan fingerprint density at radius 2 is 2.00 bits per heavy atom. The summed E-state index contributed by atoms with van der Waals surface area (Å²) in [5.41, 5.74) is 5.15. The highest BCUT2D eigenvalue weighted by molar-refractivity contribution is 7.84. The van der Waals surface area contributed by atoms with E-state index in [1.165, 1.54) is 5.56 Å². The van der Waals surface area contributed by atoms with E-state index in [0.29, 0.717) is 23.4 Å². The van der Waals surface area contributed by atoms with Crippen molar-refractivity contribution in [3.05, 3.63) is 47.1 Å². The Bertz CT molecular complexity index is 1070. The molecule has 8 heteroatoms. The smallest absolute Gasteiger partial charge is 0.225 e. The number of aryl methyl sites for hydroxylation is 2. The summed E-state index contributed by atoms with van der Waals surface area (Å²) in [6, 6.07) is 6.61. The van der Waals surface area contributed by atoms with Gasteiger partial charge >= 0.3 is 0 Å². The normalized spacial score (nSPS) is 21.3. The zero-order chi connectivity index (χ0) is 20.0. The standard InChI is InChI=1S/C21H25N5O2S/c1-14(16-3-4-20-19(11-16)23-15(2)28-20)25-6-8-26(9-7-25)21-22-12-17-13-29(27)10-5-18(17)24-21/h3-4,11-12,14H,5-10,13H2,1-2H3. The van der Waals surface area contributed by atoms with Crippen LogP contribution >= 0.6 is 0 Å². The molecular formula is C21H25N5O2S. The molecule has 2 aromatic heterocycles. The SMILES string of the molecule is Cc1nc2cc(C(C)N3CCN(c4ncc5c(n4)CCS(=O)C5)CC3)ccc2o1. The molecule has 0 amide bonds. The second-order valence-electron chi connectivity index (χ2n) is 7.84. The van der Waals surface area contributed by atoms with Gasteiger partial charge in [0.2, 0.25) is 5.95 Å². The van der Waals surface area contributed by atoms with Crippen molar-refractivity contribution in [2.45, 2.75) is 32.1 Å². The van der Waals surface area contributed by atoms with E-state index < -0.39 is 10.8 Å². The first-order valence-electron chi connectivity index (χ1n) is 10.1. The van der Waals surface area contributed by atoms with Crippen LogP contribution < -0.4 is 4.90 Å². The summed E-state index contributed by atoms with van der Waals surface area (Å²) in [6.07, 6.45) is 2.66. The summed E-state index contributed by atoms with van der Waals surface area (Å²) in [7, 11) is -0.760. The van der Waals surface area contributed by atoms with Crippen LogP contribution in [0.1, 0.15) is 35.7 Å². The Kier molecular flexibility index (Phi) is 4.83. The molecule has 0 aliphatic carbocycles. The molecule has 2 atom stereocenters. The van der Waals surface area contributed by atoms with Gasteiger partial charge in [0.1, 0.15) is 5.52 Å². The highest BCUT2D eigenvalue weighted by atomic mass is 32.2. The van der Waals surface area contributed by atoms with Crippen LogP contribution in [0.4, 0.5) is 5.95 Å². The van der Waals surface area contributed by atoms with Crippen molar-refractivity contribution < 1.29 is 8.63 Å². The molecule has 0 radical (unpaired) electrons. The van der Waals surface area contributed by atoms with Gasteiger partial charge in [-0.1, -0.05) is 6.07 Å². The Balaban J connectivity index is 1.26. The minimum atomic E-state index is -0.760. The Morgan fingerprint density at radius 1 is 1.17 bits per heavy atom. The molecule has 7 nitrogen and oxygen atoms in total. The number of anilines is 1. The fourth-order valence-corrected chi connectivity index (χ4v) is 5.37. The topological polar surface area (TPSA) is 75.4 Å². The average molecular weight is 412 g/mol. The molecular weight excluding hydrogens is 386 g/mol. The number of aromatic nitrogens is 3. The molecule has 152 valence electrons. The van der Waals surface area contributed by atoms with Gasteiger partial charge in [-0.25, -0.2) is 15.0 Å². The first-order chi connectivity index (χ1) is 14.1. The Morgan fingerprint density at radius 3 is 2.83 bits per heavy atom. The predicted molar refractivity (Wildman–Crippen MR) is 113 cm³/mol. The maximum Gasteiger partial charge on any atom is 0.225 e. The molecule has 29 heavy (non-hydrogen) atoms. The summed E-state index contributed by atoms with van der Waals surface area (Å²) < 4.78 is 17.3. The van der Waals surface area contributed by atoms with E-state index in [0.717, 1.165) is 60.9 Å². The van der Waals surface area contributed by atoms with Gasteiger partial charge in [0.25, 0.3) is 0 Å². The number of benzene rings is 1. The van der Waals surface area contributed by atoms with Gasteiger partial charge in [-0.15, -0.1) is 0 Å². The van der Waals surface area contributed by atoms with Gasteiger partial charge in [-0.2, -0.15) is 0 Å². The Labute approximate surface area is 172 Å². The molecule has 2 unspecified atom stereocenters. The lowest BCUT2D eigenvalue weighted by molar-refractivity contribution is 0.198. The number of oxazole rings is 1. The van der Waals surface area contributed by atoms with Gasteiger partial charge in [-0.3, -0.25) is 9.11 Å². The maximum atomic E-state index is 11.7. The predicted octanol–water partition coefficient (Wildman–Crippen LogP) is 2.61. The number of piperazine rings is 1. The van der Waals surface area contributed by atoms with Gasteiger partial charge in [0.05, 0.1) is 11.4 Å². The van der Waals surface area contributed by atoms with Crippen LogP contribution in [0.5, 0.6) is 0 Å². The fraction of sp³-hybridized carbons (Fsp3) is 0.476. The van der Waals surface area contributed by atoms with Crippen molar-refractivity contribution in [1.29, 1.82) is 0 Å². The fourth-order valence-electron chi connectivity index (χ4n) is 4.22. The third-order valence-electron chi connectivity index (χ3n) is 5.97. The van der Waals surface area contributed by atoms with E-state index in [-0.39, 0.29) is 0 Å². The van der Waals surface area contributed by atoms with Crippen LogP contribution in [0.3, 0.4) is 0 Å². The molecule has 4 heterocycles. The first-order valence-corrected chi connectivity index (χ1v) is 11.6. The van der Waals surface area contributed by atoms with Gasteiger partial charge in [0.15, 0.2) is 11.5 Å². The molecule has 1 fully saturated rings. The van der Waals surface area contributed by atoms with Crippen molar-refractivity contribution >= 4 is 27.8 Å². The quantitative estimate of drug-likeness (QED) is 0.656. The number of fused-ring (bicyclic) bond motifs is 2. The largest absolute Gasteiger partial charge is 0.441 e. The molecule has 0 bridgehead atoms. The second-order valence-corrected chi connectivity index (χ2v) is 9.42. The first kappa shape index (κ1) is 18.7. The second kappa shape index (κ2) is 7.50. The number of nitrogens with zero attached hydrogens (tertiary/aromatic N) is 5. The molecule has 3 aromatic rings. The average Bonchev–Trinajstić information content (AvgIpc) is 3.12. The number of hydrogen-bond acceptors (Lipinski definition) is 7. The van der Waals surface area contributed by atoms with Crippen LogP contribution in [0.25, 0.3) is 11.1 Å². The lowest BCUT2D eigenvalue weighted by Crippen LogP contribution is -2.47. The minimum Gasteiger partial charge on any atom is -0.441 e. The van der Waals surface area contributed by atoms with E-state index in [4.69, 9.17) is 9.40 Å². The van der Waals surface area contributed by atoms with Crippen molar-refractivity contribution in [1.82, 2.24) is 19.9 Å². The molecule has 0 saturated carbocycles. The third-order valence-corrected chi connectivity index (χ3v) is 7.26. The van der Waals surface area contributed by atoms with Crippen molar-refractivity contribution in [2.75, 3.05) is 36.8 Å². The van der Waals surface area contributed by atoms with E-state index in [2.05, 4.69) is 38.8 Å². The molecule has 2 aliphatic heterocycles. The summed E-state index contributed by atoms with van der Waals surface area (Å²) in [5, 5.41) is 0. The lowest BCUT2D eigenvalue weighted by Gasteiger charge is -2.38. The van der Waals surface area contributed by atoms with Crippen LogP contribution in [0.2, 0.25) is 0 Å². The van der Waals surface area contributed by atoms with Crippen LogP contribution in [0, 0.1) is 6.92 Å². The Hall–Kier alpha value is -2.32. The molecule has 0 N–H and O–H groups in total. The number of hydrogen-bond donors (Lipinski definition) is 0. The van der Waals surface area contributed by atoms with E-state index in [1.54, 1.807) is 0 Å². The molecule has 1 aromatic carbocycles. The molecule has 0 spiro atoms. The highest BCUT2D eigenvalue weighted by Gasteiger charge is 2.25. The van der Waals surface area contributed by atoms with Crippen LogP contribution in [-0.2, 0) is 23.0 Å². The van der Waals surface area contributed by atoms with Gasteiger partial charge in [-0.05, 0) is 24.6 Å². The van der Waals surface area contributed by atoms with Gasteiger partial charge < -0.3 is 9.32 Å². The number of rotatable bonds is 3. The molecule has 2 aliphatic rings. The zero-order valence-electron chi connectivity index (χ0n) is 16.8.